The number of nitrogens with two attached hydrogens (primary N) is 1. The Labute approximate surface area is 251 Å². The Hall–Kier alpha value is -2.28. The van der Waals surface area contributed by atoms with Crippen LogP contribution in [-0.2, 0) is 33.4 Å². The van der Waals surface area contributed by atoms with Crippen LogP contribution in [0.1, 0.15) is 68.7 Å². The van der Waals surface area contributed by atoms with E-state index in [0.29, 0.717) is 12.8 Å². The highest BCUT2D eigenvalue weighted by atomic mass is 79.9. The largest absolute Gasteiger partial charge is 0.379 e. The summed E-state index contributed by atoms with van der Waals surface area (Å²) >= 11 is 3.24. The van der Waals surface area contributed by atoms with Crippen LogP contribution in [0.4, 0.5) is 0 Å². The first-order chi connectivity index (χ1) is 18.5. The van der Waals surface area contributed by atoms with Gasteiger partial charge in [0.25, 0.3) is 10.1 Å². The van der Waals surface area contributed by atoms with Crippen molar-refractivity contribution in [3.05, 3.63) is 41.9 Å². The van der Waals surface area contributed by atoms with Crippen LogP contribution in [0.3, 0.4) is 0 Å². The number of halogens is 1. The van der Waals surface area contributed by atoms with Crippen LogP contribution in [0.5, 0.6) is 0 Å². The number of carbonyl (C=O) groups is 3. The van der Waals surface area contributed by atoms with Gasteiger partial charge in [-0.15, -0.1) is 13.2 Å². The first kappa shape index (κ1) is 44.7. The highest BCUT2D eigenvalue weighted by Crippen LogP contribution is 2.25. The molecule has 1 heterocycles. The topological polar surface area (TPSA) is 145 Å². The summed E-state index contributed by atoms with van der Waals surface area (Å²) in [5, 5.41) is 2.30. The van der Waals surface area contributed by atoms with Gasteiger partial charge in [-0.3, -0.25) is 18.6 Å². The molecule has 0 unspecified atom stereocenters. The second-order valence-electron chi connectivity index (χ2n) is 9.44. The average Bonchev–Trinajstić information content (AvgIpc) is 3.24. The number of nitrogens with zero attached hydrogens (tertiary/aromatic N) is 1. The molecule has 0 aromatic heterocycles. The summed E-state index contributed by atoms with van der Waals surface area (Å²) in [7, 11) is -2.17. The maximum absolute atomic E-state index is 12.3. The van der Waals surface area contributed by atoms with Crippen molar-refractivity contribution in [3.63, 3.8) is 0 Å². The summed E-state index contributed by atoms with van der Waals surface area (Å²) in [6, 6.07) is 5.99. The van der Waals surface area contributed by atoms with Gasteiger partial charge < -0.3 is 20.7 Å². The second-order valence-corrected chi connectivity index (χ2v) is 11.9. The highest BCUT2D eigenvalue weighted by molar-refractivity contribution is 9.10. The maximum Gasteiger partial charge on any atom is 0.297 e. The Morgan fingerprint density at radius 2 is 1.57 bits per heavy atom. The summed E-state index contributed by atoms with van der Waals surface area (Å²) in [5.74, 6) is 0.566. The van der Waals surface area contributed by atoms with Gasteiger partial charge in [0.2, 0.25) is 18.7 Å². The quantitative estimate of drug-likeness (QED) is 0.252. The molecule has 1 fully saturated rings. The molecule has 0 bridgehead atoms. The molecule has 1 saturated heterocycles. The van der Waals surface area contributed by atoms with Crippen LogP contribution >= 0.6 is 15.9 Å². The number of primary amides is 1. The van der Waals surface area contributed by atoms with Crippen molar-refractivity contribution in [2.45, 2.75) is 91.4 Å². The Balaban J connectivity index is -0.000000315. The minimum Gasteiger partial charge on any atom is -0.379 e. The lowest BCUT2D eigenvalue weighted by Gasteiger charge is -2.20. The zero-order valence-corrected chi connectivity index (χ0v) is 28.3. The molecule has 3 amide bonds. The van der Waals surface area contributed by atoms with E-state index >= 15 is 0 Å². The normalized spacial score (nSPS) is 15.4. The van der Waals surface area contributed by atoms with Gasteiger partial charge in [0, 0.05) is 24.2 Å². The molecule has 2 rings (SSSR count). The van der Waals surface area contributed by atoms with Gasteiger partial charge >= 0.3 is 0 Å². The number of likely N-dealkylation sites (tertiary alicyclic amines) is 1. The highest BCUT2D eigenvalue weighted by Gasteiger charge is 2.35. The fourth-order valence-electron chi connectivity index (χ4n) is 2.47. The molecule has 2 atom stereocenters. The lowest BCUT2D eigenvalue weighted by molar-refractivity contribution is -0.132. The van der Waals surface area contributed by atoms with E-state index in [1.807, 2.05) is 41.5 Å². The van der Waals surface area contributed by atoms with Gasteiger partial charge in [-0.25, -0.2) is 0 Å². The standard InChI is InChI=1S/C14H17BrN2O5S.C5H12O.C4H10.C2H6.C2H4.CH3NO/c1-10-6-12(8-17(10)14(19)7-16-9-18)22-23(20,21)13-4-2-11(15)3-5-13;1-5(2,3)6-4;1-4(2)3;2*1-2;2-1-3/h2-5,9-10,12H,6-8H2,1H3,(H,16,18);1-4H3;4H,1-3H3;1-2H3;1-2H2;1H,(H2,2,3)/t10-,12+;;;;;/m1...../s1. The number of hydrogen-bond acceptors (Lipinski definition) is 7. The first-order valence-electron chi connectivity index (χ1n) is 12.9. The number of amides is 3. The molecular weight excluding hydrogens is 602 g/mol. The fourth-order valence-corrected chi connectivity index (χ4v) is 3.81. The SMILES string of the molecule is C=C.CC.CC(C)C.COC(C)(C)C.C[C@@H]1C[C@H](OS(=O)(=O)c2ccc(Br)cc2)CN1C(=O)CNC=O.NC=O. The van der Waals surface area contributed by atoms with Gasteiger partial charge in [-0.2, -0.15) is 8.42 Å². The predicted molar refractivity (Wildman–Crippen MR) is 166 cm³/mol. The van der Waals surface area contributed by atoms with Gasteiger partial charge in [0.15, 0.2) is 0 Å². The van der Waals surface area contributed by atoms with E-state index in [4.69, 9.17) is 13.7 Å². The van der Waals surface area contributed by atoms with Crippen LogP contribution in [-0.4, -0.2) is 70.0 Å². The molecular formula is C28H52BrN3O7S. The first-order valence-corrected chi connectivity index (χ1v) is 15.1. The molecule has 234 valence electrons. The van der Waals surface area contributed by atoms with Crippen molar-refractivity contribution in [2.24, 2.45) is 11.7 Å². The summed E-state index contributed by atoms with van der Waals surface area (Å²) in [6.45, 7) is 24.4. The van der Waals surface area contributed by atoms with E-state index < -0.39 is 16.2 Å². The molecule has 0 spiro atoms. The van der Waals surface area contributed by atoms with Crippen LogP contribution < -0.4 is 11.1 Å². The van der Waals surface area contributed by atoms with E-state index in [1.165, 1.54) is 17.0 Å². The zero-order chi connectivity index (χ0) is 32.5. The molecule has 1 aromatic rings. The summed E-state index contributed by atoms with van der Waals surface area (Å²) < 4.78 is 35.5. The third kappa shape index (κ3) is 24.7. The van der Waals surface area contributed by atoms with Crippen LogP contribution in [0.25, 0.3) is 0 Å². The zero-order valence-electron chi connectivity index (χ0n) is 25.9. The predicted octanol–water partition coefficient (Wildman–Crippen LogP) is 4.91. The van der Waals surface area contributed by atoms with Crippen molar-refractivity contribution in [3.8, 4) is 0 Å². The molecule has 0 aliphatic carbocycles. The fraction of sp³-hybridized carbons (Fsp3) is 0.607. The lowest BCUT2D eigenvalue weighted by atomic mass is 10.2. The smallest absolute Gasteiger partial charge is 0.297 e. The Morgan fingerprint density at radius 1 is 1.18 bits per heavy atom. The van der Waals surface area contributed by atoms with Crippen molar-refractivity contribution in [1.29, 1.82) is 0 Å². The van der Waals surface area contributed by atoms with E-state index in [-0.39, 0.29) is 41.9 Å². The monoisotopic (exact) mass is 653 g/mol. The molecule has 1 aliphatic rings. The van der Waals surface area contributed by atoms with Crippen molar-refractivity contribution in [2.75, 3.05) is 20.2 Å². The van der Waals surface area contributed by atoms with Gasteiger partial charge in [-0.05, 0) is 64.3 Å². The number of hydrogen-bond donors (Lipinski definition) is 2. The van der Waals surface area contributed by atoms with Crippen LogP contribution in [0, 0.1) is 5.92 Å². The van der Waals surface area contributed by atoms with Crippen molar-refractivity contribution < 1.29 is 31.7 Å². The second kappa shape index (κ2) is 25.7. The van der Waals surface area contributed by atoms with E-state index in [1.54, 1.807) is 19.2 Å². The summed E-state index contributed by atoms with van der Waals surface area (Å²) in [5.41, 5.74) is 4.21. The molecule has 40 heavy (non-hydrogen) atoms. The molecule has 0 radical (unpaired) electrons. The number of ether oxygens (including phenoxy) is 1. The summed E-state index contributed by atoms with van der Waals surface area (Å²) in [6.07, 6.45) is 0.520. The van der Waals surface area contributed by atoms with Crippen LogP contribution in [0.2, 0.25) is 0 Å². The minimum atomic E-state index is -3.88. The number of methoxy groups -OCH3 is 1. The molecule has 12 heteroatoms. The molecule has 1 aromatic carbocycles. The lowest BCUT2D eigenvalue weighted by Crippen LogP contribution is -2.40. The Kier molecular flexibility index (Phi) is 28.7. The third-order valence-electron chi connectivity index (χ3n) is 4.17. The van der Waals surface area contributed by atoms with Gasteiger partial charge in [0.05, 0.1) is 23.1 Å². The van der Waals surface area contributed by atoms with E-state index in [0.717, 1.165) is 10.4 Å². The number of benzene rings is 1. The third-order valence-corrected chi connectivity index (χ3v) is 6.07. The average molecular weight is 655 g/mol. The van der Waals surface area contributed by atoms with E-state index in [2.05, 4.69) is 60.9 Å². The van der Waals surface area contributed by atoms with Crippen molar-refractivity contribution in [1.82, 2.24) is 10.2 Å². The van der Waals surface area contributed by atoms with Crippen LogP contribution in [0.15, 0.2) is 46.8 Å². The van der Waals surface area contributed by atoms with Crippen molar-refractivity contribution >= 4 is 44.8 Å². The Morgan fingerprint density at radius 3 is 1.93 bits per heavy atom. The molecule has 10 nitrogen and oxygen atoms in total. The van der Waals surface area contributed by atoms with Gasteiger partial charge in [-0.1, -0.05) is 50.5 Å². The minimum absolute atomic E-state index is 0.0417. The van der Waals surface area contributed by atoms with Gasteiger partial charge in [0.1, 0.15) is 0 Å². The maximum atomic E-state index is 12.3. The number of nitrogens with one attached hydrogen (secondary N) is 1. The summed E-state index contributed by atoms with van der Waals surface area (Å²) in [4.78, 5) is 32.3. The Bertz CT molecular complexity index is 887. The number of rotatable bonds is 6. The molecule has 1 aliphatic heterocycles. The number of carbonyl (C=O) groups excluding carboxylic acids is 3. The molecule has 0 saturated carbocycles. The van der Waals surface area contributed by atoms with E-state index in [9.17, 15) is 18.0 Å². The molecule has 3 N–H and O–H groups in total.